The largest absolute Gasteiger partial charge is 0.379 e. The van der Waals surface area contributed by atoms with Crippen LogP contribution in [0.1, 0.15) is 46.3 Å². The van der Waals surface area contributed by atoms with E-state index in [1.807, 2.05) is 13.0 Å². The second-order valence-electron chi connectivity index (χ2n) is 6.14. The molecule has 0 aromatic heterocycles. The van der Waals surface area contributed by atoms with Gasteiger partial charge in [0.25, 0.3) is 0 Å². The SMILES string of the molecule is CCOCC(C)OC(CNC(C)(C)C)c1ccccc1. The molecule has 2 atom stereocenters. The quantitative estimate of drug-likeness (QED) is 0.789. The standard InChI is InChI=1S/C17H29NO2/c1-6-19-13-14(2)20-16(12-18-17(3,4)5)15-10-8-7-9-11-15/h7-11,14,16,18H,6,12-13H2,1-5H3. The maximum atomic E-state index is 6.15. The summed E-state index contributed by atoms with van der Waals surface area (Å²) >= 11 is 0. The van der Waals surface area contributed by atoms with E-state index in [1.54, 1.807) is 0 Å². The van der Waals surface area contributed by atoms with E-state index in [9.17, 15) is 0 Å². The summed E-state index contributed by atoms with van der Waals surface area (Å²) in [4.78, 5) is 0. The normalized spacial score (nSPS) is 15.1. The van der Waals surface area contributed by atoms with Gasteiger partial charge < -0.3 is 14.8 Å². The van der Waals surface area contributed by atoms with Crippen molar-refractivity contribution < 1.29 is 9.47 Å². The fourth-order valence-electron chi connectivity index (χ4n) is 1.91. The van der Waals surface area contributed by atoms with Crippen LogP contribution in [0.4, 0.5) is 0 Å². The minimum absolute atomic E-state index is 0.0471. The van der Waals surface area contributed by atoms with Gasteiger partial charge in [-0.05, 0) is 40.2 Å². The van der Waals surface area contributed by atoms with Crippen LogP contribution in [-0.2, 0) is 9.47 Å². The lowest BCUT2D eigenvalue weighted by molar-refractivity contribution is -0.0486. The van der Waals surface area contributed by atoms with Crippen LogP contribution in [0.15, 0.2) is 30.3 Å². The average Bonchev–Trinajstić information content (AvgIpc) is 2.41. The van der Waals surface area contributed by atoms with E-state index in [0.29, 0.717) is 6.61 Å². The molecule has 0 aliphatic carbocycles. The third-order valence-electron chi connectivity index (χ3n) is 2.94. The summed E-state index contributed by atoms with van der Waals surface area (Å²) in [6.07, 6.45) is 0.132. The van der Waals surface area contributed by atoms with E-state index < -0.39 is 0 Å². The molecule has 1 aromatic carbocycles. The molecule has 0 aliphatic rings. The number of rotatable bonds is 8. The molecule has 3 heteroatoms. The van der Waals surface area contributed by atoms with Crippen LogP contribution >= 0.6 is 0 Å². The monoisotopic (exact) mass is 279 g/mol. The fourth-order valence-corrected chi connectivity index (χ4v) is 1.91. The first-order valence-corrected chi connectivity index (χ1v) is 7.45. The molecular formula is C17H29NO2. The zero-order chi connectivity index (χ0) is 15.0. The van der Waals surface area contributed by atoms with E-state index in [1.165, 1.54) is 5.56 Å². The summed E-state index contributed by atoms with van der Waals surface area (Å²) in [5, 5.41) is 3.52. The predicted molar refractivity (Wildman–Crippen MR) is 84.0 cm³/mol. The lowest BCUT2D eigenvalue weighted by Crippen LogP contribution is -2.39. The Kier molecular flexibility index (Phi) is 7.20. The third-order valence-corrected chi connectivity index (χ3v) is 2.94. The second kappa shape index (κ2) is 8.40. The molecular weight excluding hydrogens is 250 g/mol. The van der Waals surface area contributed by atoms with Gasteiger partial charge in [-0.25, -0.2) is 0 Å². The van der Waals surface area contributed by atoms with Gasteiger partial charge in [0, 0.05) is 18.7 Å². The Morgan fingerprint density at radius 3 is 2.35 bits per heavy atom. The van der Waals surface area contributed by atoms with E-state index >= 15 is 0 Å². The fraction of sp³-hybridized carbons (Fsp3) is 0.647. The zero-order valence-electron chi connectivity index (χ0n) is 13.5. The highest BCUT2D eigenvalue weighted by Gasteiger charge is 2.18. The maximum Gasteiger partial charge on any atom is 0.0954 e. The maximum absolute atomic E-state index is 6.15. The molecule has 2 unspecified atom stereocenters. The van der Waals surface area contributed by atoms with Crippen molar-refractivity contribution in [1.29, 1.82) is 0 Å². The minimum Gasteiger partial charge on any atom is -0.379 e. The molecule has 1 rings (SSSR count). The molecule has 0 spiro atoms. The van der Waals surface area contributed by atoms with Gasteiger partial charge in [0.15, 0.2) is 0 Å². The van der Waals surface area contributed by atoms with Crippen molar-refractivity contribution >= 4 is 0 Å². The van der Waals surface area contributed by atoms with Crippen LogP contribution in [0.25, 0.3) is 0 Å². The average molecular weight is 279 g/mol. The molecule has 0 aliphatic heterocycles. The number of hydrogen-bond donors (Lipinski definition) is 1. The van der Waals surface area contributed by atoms with Gasteiger partial charge in [0.2, 0.25) is 0 Å². The highest BCUT2D eigenvalue weighted by atomic mass is 16.5. The van der Waals surface area contributed by atoms with Crippen LogP contribution in [0.3, 0.4) is 0 Å². The van der Waals surface area contributed by atoms with Gasteiger partial charge in [-0.2, -0.15) is 0 Å². The van der Waals surface area contributed by atoms with E-state index in [0.717, 1.165) is 13.2 Å². The lowest BCUT2D eigenvalue weighted by atomic mass is 10.1. The Bertz CT molecular complexity index is 359. The Morgan fingerprint density at radius 1 is 1.15 bits per heavy atom. The van der Waals surface area contributed by atoms with Crippen LogP contribution in [0.2, 0.25) is 0 Å². The Hall–Kier alpha value is -0.900. The summed E-state index contributed by atoms with van der Waals surface area (Å²) in [5.74, 6) is 0. The first-order valence-electron chi connectivity index (χ1n) is 7.45. The summed E-state index contributed by atoms with van der Waals surface area (Å²) in [5.41, 5.74) is 1.28. The van der Waals surface area contributed by atoms with Crippen molar-refractivity contribution in [2.45, 2.75) is 52.4 Å². The summed E-state index contributed by atoms with van der Waals surface area (Å²) in [7, 11) is 0. The van der Waals surface area contributed by atoms with E-state index in [2.05, 4.69) is 57.3 Å². The van der Waals surface area contributed by atoms with Crippen LogP contribution in [-0.4, -0.2) is 31.4 Å². The molecule has 0 fully saturated rings. The lowest BCUT2D eigenvalue weighted by Gasteiger charge is -2.28. The van der Waals surface area contributed by atoms with Crippen molar-refractivity contribution in [3.8, 4) is 0 Å². The number of nitrogens with one attached hydrogen (secondary N) is 1. The first-order chi connectivity index (χ1) is 9.42. The predicted octanol–water partition coefficient (Wildman–Crippen LogP) is 3.56. The smallest absolute Gasteiger partial charge is 0.0954 e. The first kappa shape index (κ1) is 17.2. The Balaban J connectivity index is 2.64. The molecule has 0 saturated carbocycles. The van der Waals surface area contributed by atoms with Crippen molar-refractivity contribution in [2.75, 3.05) is 19.8 Å². The van der Waals surface area contributed by atoms with Crippen molar-refractivity contribution in [2.24, 2.45) is 0 Å². The van der Waals surface area contributed by atoms with Crippen LogP contribution in [0, 0.1) is 0 Å². The molecule has 1 N–H and O–H groups in total. The number of benzene rings is 1. The second-order valence-corrected chi connectivity index (χ2v) is 6.14. The van der Waals surface area contributed by atoms with E-state index in [4.69, 9.17) is 9.47 Å². The number of ether oxygens (including phenoxy) is 2. The van der Waals surface area contributed by atoms with Gasteiger partial charge in [-0.1, -0.05) is 30.3 Å². The Morgan fingerprint density at radius 2 is 1.80 bits per heavy atom. The molecule has 0 bridgehead atoms. The highest BCUT2D eigenvalue weighted by molar-refractivity contribution is 5.18. The van der Waals surface area contributed by atoms with Crippen molar-refractivity contribution in [1.82, 2.24) is 5.32 Å². The molecule has 3 nitrogen and oxygen atoms in total. The zero-order valence-corrected chi connectivity index (χ0v) is 13.5. The molecule has 0 saturated heterocycles. The molecule has 20 heavy (non-hydrogen) atoms. The van der Waals surface area contributed by atoms with Gasteiger partial charge in [-0.3, -0.25) is 0 Å². The van der Waals surface area contributed by atoms with Gasteiger partial charge in [0.1, 0.15) is 0 Å². The number of hydrogen-bond acceptors (Lipinski definition) is 3. The molecule has 1 aromatic rings. The van der Waals surface area contributed by atoms with Crippen molar-refractivity contribution in [3.05, 3.63) is 35.9 Å². The molecule has 0 heterocycles. The van der Waals surface area contributed by atoms with Gasteiger partial charge in [-0.15, -0.1) is 0 Å². The molecule has 114 valence electrons. The van der Waals surface area contributed by atoms with E-state index in [-0.39, 0.29) is 17.7 Å². The summed E-state index contributed by atoms with van der Waals surface area (Å²) in [6.45, 7) is 12.7. The van der Waals surface area contributed by atoms with Gasteiger partial charge >= 0.3 is 0 Å². The molecule has 0 radical (unpaired) electrons. The summed E-state index contributed by atoms with van der Waals surface area (Å²) < 4.78 is 11.6. The molecule has 0 amide bonds. The van der Waals surface area contributed by atoms with Crippen LogP contribution in [0.5, 0.6) is 0 Å². The van der Waals surface area contributed by atoms with Crippen molar-refractivity contribution in [3.63, 3.8) is 0 Å². The van der Waals surface area contributed by atoms with Gasteiger partial charge in [0.05, 0.1) is 18.8 Å². The van der Waals surface area contributed by atoms with Crippen LogP contribution < -0.4 is 5.32 Å². The minimum atomic E-state index is 0.0471. The third kappa shape index (κ3) is 7.04. The Labute approximate surface area is 123 Å². The summed E-state index contributed by atoms with van der Waals surface area (Å²) in [6, 6.07) is 10.4. The highest BCUT2D eigenvalue weighted by Crippen LogP contribution is 2.19. The topological polar surface area (TPSA) is 30.5 Å².